The summed E-state index contributed by atoms with van der Waals surface area (Å²) in [5, 5.41) is 12.2. The molecule has 88 valence electrons. The average molecular weight is 251 g/mol. The van der Waals surface area contributed by atoms with E-state index >= 15 is 0 Å². The highest BCUT2D eigenvalue weighted by Crippen LogP contribution is 2.11. The number of nitrogens with zero attached hydrogens (tertiary/aromatic N) is 2. The maximum Gasteiger partial charge on any atom is 0.282 e. The summed E-state index contributed by atoms with van der Waals surface area (Å²) in [5.74, 6) is -0.259. The largest absolute Gasteiger partial charge is 0.425 e. The molecule has 7 heteroatoms. The van der Waals surface area contributed by atoms with Crippen molar-refractivity contribution in [2.75, 3.05) is 7.05 Å². The van der Waals surface area contributed by atoms with Crippen LogP contribution in [0.3, 0.4) is 0 Å². The van der Waals surface area contributed by atoms with Crippen LogP contribution in [-0.2, 0) is 4.79 Å². The highest BCUT2D eigenvalue weighted by molar-refractivity contribution is 7.80. The third-order valence-corrected chi connectivity index (χ3v) is 2.68. The molecule has 1 aliphatic heterocycles. The van der Waals surface area contributed by atoms with Gasteiger partial charge in [-0.15, -0.1) is 0 Å². The van der Waals surface area contributed by atoms with Gasteiger partial charge >= 0.3 is 0 Å². The Hall–Kier alpha value is -2.15. The molecule has 0 atom stereocenters. The molecular weight excluding hydrogens is 242 g/mol. The Balaban J connectivity index is 2.37. The van der Waals surface area contributed by atoms with Gasteiger partial charge < -0.3 is 10.5 Å². The van der Waals surface area contributed by atoms with E-state index in [1.807, 2.05) is 0 Å². The Labute approximate surface area is 102 Å². The van der Waals surface area contributed by atoms with E-state index in [1.54, 1.807) is 7.05 Å². The molecule has 2 rings (SSSR count). The van der Waals surface area contributed by atoms with Gasteiger partial charge in [-0.25, -0.2) is 0 Å². The van der Waals surface area contributed by atoms with Crippen LogP contribution in [0.2, 0.25) is 0 Å². The fourth-order valence-electron chi connectivity index (χ4n) is 1.37. The summed E-state index contributed by atoms with van der Waals surface area (Å²) >= 11 is 4.91. The molecule has 1 aromatic rings. The normalized spacial score (nSPS) is 17.7. The summed E-state index contributed by atoms with van der Waals surface area (Å²) in [6, 6.07) is 2.70. The van der Waals surface area contributed by atoms with Crippen LogP contribution in [0.5, 0.6) is 0 Å². The Morgan fingerprint density at radius 1 is 1.41 bits per heavy atom. The molecule has 17 heavy (non-hydrogen) atoms. The summed E-state index contributed by atoms with van der Waals surface area (Å²) in [6.45, 7) is 0. The Morgan fingerprint density at radius 2 is 2.12 bits per heavy atom. The second-order valence-corrected chi connectivity index (χ2v) is 3.88. The molecule has 0 aromatic carbocycles. The van der Waals surface area contributed by atoms with Gasteiger partial charge in [-0.05, 0) is 29.9 Å². The zero-order valence-corrected chi connectivity index (χ0v) is 9.69. The van der Waals surface area contributed by atoms with E-state index in [0.717, 1.165) is 0 Å². The Bertz CT molecular complexity index is 591. The first-order valence-corrected chi connectivity index (χ1v) is 5.12. The minimum Gasteiger partial charge on any atom is -0.425 e. The monoisotopic (exact) mass is 251 g/mol. The maximum absolute atomic E-state index is 11.6. The smallest absolute Gasteiger partial charge is 0.282 e. The van der Waals surface area contributed by atoms with Crippen LogP contribution >= 0.6 is 12.2 Å². The molecule has 0 spiro atoms. The summed E-state index contributed by atoms with van der Waals surface area (Å²) in [7, 11) is 1.56. The third kappa shape index (κ3) is 2.04. The van der Waals surface area contributed by atoms with Crippen LogP contribution < -0.4 is 10.9 Å². The number of pyridine rings is 1. The number of aromatic nitrogens is 1. The van der Waals surface area contributed by atoms with E-state index in [1.165, 1.54) is 29.3 Å². The van der Waals surface area contributed by atoms with E-state index in [4.69, 9.17) is 12.2 Å². The van der Waals surface area contributed by atoms with Crippen molar-refractivity contribution in [3.05, 3.63) is 39.9 Å². The standard InChI is InChI=1S/C10H9N3O3S/c1-12-9(15)7(11-10(12)17)4-6-2-3-8(14)13(16)5-6/h2-5,16H,1H3,(H,11,17)/b7-4+. The lowest BCUT2D eigenvalue weighted by molar-refractivity contribution is -0.121. The van der Waals surface area contributed by atoms with Crippen molar-refractivity contribution in [1.29, 1.82) is 0 Å². The quantitative estimate of drug-likeness (QED) is 0.410. The Kier molecular flexibility index (Phi) is 2.68. The molecule has 1 aliphatic rings. The first-order chi connectivity index (χ1) is 7.99. The molecule has 0 bridgehead atoms. The minimum absolute atomic E-state index is 0.259. The molecule has 2 heterocycles. The van der Waals surface area contributed by atoms with Gasteiger partial charge in [-0.1, -0.05) is 0 Å². The highest BCUT2D eigenvalue weighted by Gasteiger charge is 2.26. The second kappa shape index (κ2) is 4.02. The number of carbonyl (C=O) groups is 1. The van der Waals surface area contributed by atoms with E-state index in [9.17, 15) is 14.8 Å². The van der Waals surface area contributed by atoms with Crippen LogP contribution in [0.1, 0.15) is 5.56 Å². The first kappa shape index (κ1) is 11.3. The number of hydrogen-bond donors (Lipinski definition) is 2. The van der Waals surface area contributed by atoms with Gasteiger partial charge in [0.25, 0.3) is 11.5 Å². The van der Waals surface area contributed by atoms with Gasteiger partial charge in [0.15, 0.2) is 5.11 Å². The number of rotatable bonds is 1. The highest BCUT2D eigenvalue weighted by atomic mass is 32.1. The third-order valence-electron chi connectivity index (χ3n) is 2.31. The molecule has 1 fully saturated rings. The van der Waals surface area contributed by atoms with Crippen molar-refractivity contribution >= 4 is 29.3 Å². The van der Waals surface area contributed by atoms with Gasteiger partial charge in [-0.3, -0.25) is 14.5 Å². The van der Waals surface area contributed by atoms with E-state index in [0.29, 0.717) is 21.1 Å². The fourth-order valence-corrected chi connectivity index (χ4v) is 1.56. The van der Waals surface area contributed by atoms with Gasteiger partial charge in [0.05, 0.1) is 6.20 Å². The molecule has 0 unspecified atom stereocenters. The molecule has 2 N–H and O–H groups in total. The zero-order valence-electron chi connectivity index (χ0n) is 8.88. The Morgan fingerprint density at radius 3 is 2.65 bits per heavy atom. The molecule has 1 aromatic heterocycles. The van der Waals surface area contributed by atoms with Gasteiger partial charge in [0.2, 0.25) is 0 Å². The van der Waals surface area contributed by atoms with Crippen LogP contribution in [0.25, 0.3) is 6.08 Å². The summed E-state index contributed by atoms with van der Waals surface area (Å²) in [4.78, 5) is 23.9. The lowest BCUT2D eigenvalue weighted by Gasteiger charge is -2.02. The predicted octanol–water partition coefficient (Wildman–Crippen LogP) is -0.227. The lowest BCUT2D eigenvalue weighted by atomic mass is 10.2. The number of nitrogens with one attached hydrogen (secondary N) is 1. The molecule has 1 saturated heterocycles. The summed E-state index contributed by atoms with van der Waals surface area (Å²) in [6.07, 6.45) is 2.72. The van der Waals surface area contributed by atoms with Crippen LogP contribution in [0, 0.1) is 0 Å². The van der Waals surface area contributed by atoms with Crippen LogP contribution in [-0.4, -0.2) is 32.9 Å². The van der Waals surface area contributed by atoms with E-state index < -0.39 is 5.56 Å². The molecular formula is C10H9N3O3S. The van der Waals surface area contributed by atoms with Crippen molar-refractivity contribution in [2.24, 2.45) is 0 Å². The zero-order chi connectivity index (χ0) is 12.6. The lowest BCUT2D eigenvalue weighted by Crippen LogP contribution is -2.25. The van der Waals surface area contributed by atoms with Crippen molar-refractivity contribution < 1.29 is 10.0 Å². The van der Waals surface area contributed by atoms with E-state index in [-0.39, 0.29) is 5.91 Å². The average Bonchev–Trinajstić information content (AvgIpc) is 2.52. The number of thiocarbonyl (C=S) groups is 1. The summed E-state index contributed by atoms with van der Waals surface area (Å²) < 4.78 is 0.452. The van der Waals surface area contributed by atoms with Gasteiger partial charge in [0.1, 0.15) is 5.70 Å². The van der Waals surface area contributed by atoms with Gasteiger partial charge in [-0.2, -0.15) is 4.73 Å². The summed E-state index contributed by atoms with van der Waals surface area (Å²) in [5.41, 5.74) is 0.280. The molecule has 0 radical (unpaired) electrons. The molecule has 0 aliphatic carbocycles. The maximum atomic E-state index is 11.6. The topological polar surface area (TPSA) is 74.6 Å². The van der Waals surface area contributed by atoms with Crippen LogP contribution in [0.4, 0.5) is 0 Å². The van der Waals surface area contributed by atoms with E-state index in [2.05, 4.69) is 5.32 Å². The molecule has 0 saturated carbocycles. The number of likely N-dealkylation sites (N-methyl/N-ethyl adjacent to an activating group) is 1. The SMILES string of the molecule is CN1C(=O)/C(=C\c2ccc(=O)n(O)c2)NC1=S. The molecule has 1 amide bonds. The number of carbonyl (C=O) groups excluding carboxylic acids is 1. The minimum atomic E-state index is -0.537. The van der Waals surface area contributed by atoms with Crippen molar-refractivity contribution in [2.45, 2.75) is 0 Å². The fraction of sp³-hybridized carbons (Fsp3) is 0.100. The number of amides is 1. The second-order valence-electron chi connectivity index (χ2n) is 3.50. The first-order valence-electron chi connectivity index (χ1n) is 4.72. The van der Waals surface area contributed by atoms with Gasteiger partial charge in [0, 0.05) is 13.1 Å². The van der Waals surface area contributed by atoms with Crippen molar-refractivity contribution in [3.63, 3.8) is 0 Å². The predicted molar refractivity (Wildman–Crippen MR) is 64.4 cm³/mol. The van der Waals surface area contributed by atoms with Crippen molar-refractivity contribution in [1.82, 2.24) is 14.9 Å². The molecule has 6 nitrogen and oxygen atoms in total. The van der Waals surface area contributed by atoms with Crippen molar-refractivity contribution in [3.8, 4) is 0 Å². The van der Waals surface area contributed by atoms with Crippen LogP contribution in [0.15, 0.2) is 28.8 Å². The number of hydrogen-bond acceptors (Lipinski definition) is 4.